The Hall–Kier alpha value is -2.10. The van der Waals surface area contributed by atoms with Gasteiger partial charge in [-0.3, -0.25) is 0 Å². The van der Waals surface area contributed by atoms with Gasteiger partial charge in [0.05, 0.1) is 18.9 Å². The van der Waals surface area contributed by atoms with Crippen LogP contribution in [0.5, 0.6) is 11.6 Å². The molecule has 1 aromatic heterocycles. The van der Waals surface area contributed by atoms with Crippen molar-refractivity contribution >= 4 is 0 Å². The summed E-state index contributed by atoms with van der Waals surface area (Å²) >= 11 is 0. The second-order valence-electron chi connectivity index (χ2n) is 6.16. The molecule has 4 heteroatoms. The number of ether oxygens (including phenoxy) is 2. The predicted molar refractivity (Wildman–Crippen MR) is 97.4 cm³/mol. The van der Waals surface area contributed by atoms with E-state index in [4.69, 9.17) is 9.47 Å². The summed E-state index contributed by atoms with van der Waals surface area (Å²) in [7, 11) is 0. The van der Waals surface area contributed by atoms with Gasteiger partial charge >= 0.3 is 0 Å². The third kappa shape index (κ3) is 5.84. The molecule has 24 heavy (non-hydrogen) atoms. The second-order valence-corrected chi connectivity index (χ2v) is 6.16. The molecule has 1 atom stereocenters. The highest BCUT2D eigenvalue weighted by molar-refractivity contribution is 5.59. The molecule has 0 aliphatic rings. The molecule has 1 heterocycles. The van der Waals surface area contributed by atoms with E-state index in [0.717, 1.165) is 36.5 Å². The fraction of sp³-hybridized carbons (Fsp3) is 0.500. The standard InChI is InChI=1S/C20H28N2O2/c1-4-6-7-14-23-20-13-12-19(21-22-20)17-8-10-18(11-9-17)24-15-16(3)5-2/h8-13,16H,4-7,14-15H2,1-3H3. The second kappa shape index (κ2) is 9.91. The third-order valence-electron chi connectivity index (χ3n) is 4.02. The van der Waals surface area contributed by atoms with Gasteiger partial charge in [0.15, 0.2) is 0 Å². The number of nitrogens with zero attached hydrogens (tertiary/aromatic N) is 2. The zero-order valence-corrected chi connectivity index (χ0v) is 15.0. The molecule has 0 spiro atoms. The van der Waals surface area contributed by atoms with Gasteiger partial charge in [0.1, 0.15) is 5.75 Å². The third-order valence-corrected chi connectivity index (χ3v) is 4.02. The number of aromatic nitrogens is 2. The number of hydrogen-bond donors (Lipinski definition) is 0. The SMILES string of the molecule is CCCCCOc1ccc(-c2ccc(OCC(C)CC)cc2)nn1. The molecule has 0 amide bonds. The molecule has 0 saturated heterocycles. The van der Waals surface area contributed by atoms with Crippen LogP contribution in [0, 0.1) is 5.92 Å². The Kier molecular flexibility index (Phi) is 7.53. The maximum absolute atomic E-state index is 5.78. The van der Waals surface area contributed by atoms with Gasteiger partial charge in [0.25, 0.3) is 0 Å². The summed E-state index contributed by atoms with van der Waals surface area (Å²) in [5.41, 5.74) is 1.86. The topological polar surface area (TPSA) is 44.2 Å². The highest BCUT2D eigenvalue weighted by atomic mass is 16.5. The maximum atomic E-state index is 5.78. The van der Waals surface area contributed by atoms with Crippen molar-refractivity contribution in [2.45, 2.75) is 46.5 Å². The Morgan fingerprint density at radius 2 is 1.71 bits per heavy atom. The van der Waals surface area contributed by atoms with Crippen LogP contribution in [0.3, 0.4) is 0 Å². The van der Waals surface area contributed by atoms with E-state index in [1.807, 2.05) is 36.4 Å². The van der Waals surface area contributed by atoms with Crippen molar-refractivity contribution in [3.05, 3.63) is 36.4 Å². The molecule has 4 nitrogen and oxygen atoms in total. The summed E-state index contributed by atoms with van der Waals surface area (Å²) in [6.07, 6.45) is 4.54. The van der Waals surface area contributed by atoms with E-state index in [1.54, 1.807) is 0 Å². The molecule has 2 rings (SSSR count). The normalized spacial score (nSPS) is 12.0. The van der Waals surface area contributed by atoms with Crippen LogP contribution in [-0.2, 0) is 0 Å². The van der Waals surface area contributed by atoms with E-state index >= 15 is 0 Å². The lowest BCUT2D eigenvalue weighted by Crippen LogP contribution is -2.07. The van der Waals surface area contributed by atoms with E-state index in [-0.39, 0.29) is 0 Å². The van der Waals surface area contributed by atoms with Gasteiger partial charge in [-0.05, 0) is 42.7 Å². The first kappa shape index (κ1) is 18.2. The minimum absolute atomic E-state index is 0.570. The van der Waals surface area contributed by atoms with Crippen LogP contribution < -0.4 is 9.47 Å². The minimum Gasteiger partial charge on any atom is -0.493 e. The highest BCUT2D eigenvalue weighted by Crippen LogP contribution is 2.22. The van der Waals surface area contributed by atoms with Gasteiger partial charge in [0, 0.05) is 11.6 Å². The van der Waals surface area contributed by atoms with Crippen molar-refractivity contribution in [1.29, 1.82) is 0 Å². The molecule has 0 radical (unpaired) electrons. The van der Waals surface area contributed by atoms with E-state index < -0.39 is 0 Å². The van der Waals surface area contributed by atoms with E-state index in [0.29, 0.717) is 18.4 Å². The molecule has 0 aliphatic carbocycles. The van der Waals surface area contributed by atoms with E-state index in [1.165, 1.54) is 12.8 Å². The average Bonchev–Trinajstić information content (AvgIpc) is 2.64. The van der Waals surface area contributed by atoms with Gasteiger partial charge in [-0.1, -0.05) is 40.0 Å². The molecule has 0 N–H and O–H groups in total. The summed E-state index contributed by atoms with van der Waals surface area (Å²) in [5, 5.41) is 8.39. The van der Waals surface area contributed by atoms with Crippen molar-refractivity contribution in [3.8, 4) is 22.9 Å². The summed E-state index contributed by atoms with van der Waals surface area (Å²) in [6.45, 7) is 7.99. The number of rotatable bonds is 10. The summed E-state index contributed by atoms with van der Waals surface area (Å²) in [5.74, 6) is 2.05. The molecule has 1 aromatic carbocycles. The zero-order chi connectivity index (χ0) is 17.2. The molecule has 0 aliphatic heterocycles. The fourth-order valence-corrected chi connectivity index (χ4v) is 2.16. The summed E-state index contributed by atoms with van der Waals surface area (Å²) in [6, 6.07) is 11.8. The summed E-state index contributed by atoms with van der Waals surface area (Å²) < 4.78 is 11.4. The quantitative estimate of drug-likeness (QED) is 0.567. The Morgan fingerprint density at radius 3 is 2.33 bits per heavy atom. The number of unbranched alkanes of at least 4 members (excludes halogenated alkanes) is 2. The van der Waals surface area contributed by atoms with Gasteiger partial charge in [-0.2, -0.15) is 0 Å². The molecule has 0 saturated carbocycles. The lowest BCUT2D eigenvalue weighted by atomic mass is 10.1. The summed E-state index contributed by atoms with van der Waals surface area (Å²) in [4.78, 5) is 0. The maximum Gasteiger partial charge on any atom is 0.233 e. The predicted octanol–water partition coefficient (Wildman–Crippen LogP) is 5.14. The first-order valence-electron chi connectivity index (χ1n) is 8.92. The highest BCUT2D eigenvalue weighted by Gasteiger charge is 2.04. The van der Waals surface area contributed by atoms with Crippen LogP contribution in [0.2, 0.25) is 0 Å². The Morgan fingerprint density at radius 1 is 0.917 bits per heavy atom. The smallest absolute Gasteiger partial charge is 0.233 e. The van der Waals surface area contributed by atoms with E-state index in [2.05, 4.69) is 31.0 Å². The first-order chi connectivity index (χ1) is 11.7. The Balaban J connectivity index is 1.89. The molecule has 0 fully saturated rings. The molecular formula is C20H28N2O2. The van der Waals surface area contributed by atoms with Crippen LogP contribution in [0.1, 0.15) is 46.5 Å². The minimum atomic E-state index is 0.570. The van der Waals surface area contributed by atoms with Crippen molar-refractivity contribution in [3.63, 3.8) is 0 Å². The molecular weight excluding hydrogens is 300 g/mol. The monoisotopic (exact) mass is 328 g/mol. The van der Waals surface area contributed by atoms with Crippen LogP contribution in [0.4, 0.5) is 0 Å². The van der Waals surface area contributed by atoms with Crippen molar-refractivity contribution in [1.82, 2.24) is 10.2 Å². The van der Waals surface area contributed by atoms with Gasteiger partial charge < -0.3 is 9.47 Å². The molecule has 1 unspecified atom stereocenters. The van der Waals surface area contributed by atoms with Crippen molar-refractivity contribution < 1.29 is 9.47 Å². The van der Waals surface area contributed by atoms with Crippen LogP contribution >= 0.6 is 0 Å². The lowest BCUT2D eigenvalue weighted by molar-refractivity contribution is 0.256. The van der Waals surface area contributed by atoms with Gasteiger partial charge in [-0.15, -0.1) is 10.2 Å². The van der Waals surface area contributed by atoms with Crippen molar-refractivity contribution in [2.24, 2.45) is 5.92 Å². The fourth-order valence-electron chi connectivity index (χ4n) is 2.16. The van der Waals surface area contributed by atoms with Crippen LogP contribution in [0.15, 0.2) is 36.4 Å². The van der Waals surface area contributed by atoms with Crippen LogP contribution in [-0.4, -0.2) is 23.4 Å². The Bertz CT molecular complexity index is 582. The van der Waals surface area contributed by atoms with Crippen molar-refractivity contribution in [2.75, 3.05) is 13.2 Å². The van der Waals surface area contributed by atoms with Crippen LogP contribution in [0.25, 0.3) is 11.3 Å². The van der Waals surface area contributed by atoms with Gasteiger partial charge in [0.2, 0.25) is 5.88 Å². The lowest BCUT2D eigenvalue weighted by Gasteiger charge is -2.11. The first-order valence-corrected chi connectivity index (χ1v) is 8.92. The van der Waals surface area contributed by atoms with Gasteiger partial charge in [-0.25, -0.2) is 0 Å². The van der Waals surface area contributed by atoms with E-state index in [9.17, 15) is 0 Å². The molecule has 2 aromatic rings. The number of benzene rings is 1. The Labute approximate surface area is 145 Å². The largest absolute Gasteiger partial charge is 0.493 e. The number of hydrogen-bond acceptors (Lipinski definition) is 4. The zero-order valence-electron chi connectivity index (χ0n) is 15.0. The molecule has 130 valence electrons. The molecule has 0 bridgehead atoms. The average molecular weight is 328 g/mol.